The van der Waals surface area contributed by atoms with Gasteiger partial charge in [-0.2, -0.15) is 4.31 Å². The smallest absolute Gasteiger partial charge is 0.309 e. The van der Waals surface area contributed by atoms with E-state index in [4.69, 9.17) is 14.2 Å². The summed E-state index contributed by atoms with van der Waals surface area (Å²) in [5, 5.41) is 2.78. The van der Waals surface area contributed by atoms with Crippen LogP contribution in [0.15, 0.2) is 23.1 Å². The van der Waals surface area contributed by atoms with Gasteiger partial charge in [0, 0.05) is 25.2 Å². The standard InChI is InChI=1S/C21H30N2O7S/c1-14(2)15(3)22-20(24)13-30-21(25)16-6-8-23(9-7-16)31(26,27)17-4-5-18-19(12-17)29-11-10-28-18/h4-5,12,14-16H,6-11,13H2,1-3H3,(H,22,24). The fraction of sp³-hybridized carbons (Fsp3) is 0.619. The third-order valence-corrected chi connectivity index (χ3v) is 7.57. The van der Waals surface area contributed by atoms with Crippen LogP contribution in [-0.2, 0) is 24.3 Å². The first-order chi connectivity index (χ1) is 14.7. The van der Waals surface area contributed by atoms with Crippen LogP contribution in [0.2, 0.25) is 0 Å². The van der Waals surface area contributed by atoms with E-state index in [9.17, 15) is 18.0 Å². The van der Waals surface area contributed by atoms with Gasteiger partial charge in [0.2, 0.25) is 10.0 Å². The molecule has 1 fully saturated rings. The van der Waals surface area contributed by atoms with Crippen LogP contribution in [0.3, 0.4) is 0 Å². The molecule has 0 aliphatic carbocycles. The van der Waals surface area contributed by atoms with Crippen LogP contribution in [0.4, 0.5) is 0 Å². The van der Waals surface area contributed by atoms with Crippen LogP contribution >= 0.6 is 0 Å². The predicted molar refractivity (Wildman–Crippen MR) is 112 cm³/mol. The Kier molecular flexibility index (Phi) is 7.42. The minimum Gasteiger partial charge on any atom is -0.486 e. The summed E-state index contributed by atoms with van der Waals surface area (Å²) in [6, 6.07) is 4.55. The van der Waals surface area contributed by atoms with Crippen molar-refractivity contribution in [1.29, 1.82) is 0 Å². The molecule has 2 aliphatic heterocycles. The number of sulfonamides is 1. The van der Waals surface area contributed by atoms with Crippen molar-refractivity contribution >= 4 is 21.9 Å². The molecule has 31 heavy (non-hydrogen) atoms. The lowest BCUT2D eigenvalue weighted by Gasteiger charge is -2.30. The van der Waals surface area contributed by atoms with Crippen LogP contribution in [0.1, 0.15) is 33.6 Å². The van der Waals surface area contributed by atoms with Crippen LogP contribution in [0.5, 0.6) is 11.5 Å². The van der Waals surface area contributed by atoms with E-state index < -0.39 is 21.9 Å². The van der Waals surface area contributed by atoms with Gasteiger partial charge in [0.15, 0.2) is 18.1 Å². The minimum atomic E-state index is -3.71. The molecule has 1 amide bonds. The van der Waals surface area contributed by atoms with Gasteiger partial charge in [0.25, 0.3) is 5.91 Å². The molecule has 0 radical (unpaired) electrons. The van der Waals surface area contributed by atoms with Crippen LogP contribution in [0, 0.1) is 11.8 Å². The first kappa shape index (κ1) is 23.3. The zero-order chi connectivity index (χ0) is 22.6. The normalized spacial score (nSPS) is 18.5. The lowest BCUT2D eigenvalue weighted by Crippen LogP contribution is -2.42. The molecular weight excluding hydrogens is 424 g/mol. The maximum atomic E-state index is 13.0. The Labute approximate surface area is 183 Å². The number of rotatable bonds is 7. The lowest BCUT2D eigenvalue weighted by molar-refractivity contribution is -0.153. The number of piperidine rings is 1. The fourth-order valence-electron chi connectivity index (χ4n) is 3.38. The number of carbonyl (C=O) groups is 2. The zero-order valence-corrected chi connectivity index (χ0v) is 18.9. The third-order valence-electron chi connectivity index (χ3n) is 5.67. The number of nitrogens with one attached hydrogen (secondary N) is 1. The van der Waals surface area contributed by atoms with Gasteiger partial charge in [-0.05, 0) is 37.8 Å². The molecule has 172 valence electrons. The van der Waals surface area contributed by atoms with Crippen molar-refractivity contribution in [3.8, 4) is 11.5 Å². The van der Waals surface area contributed by atoms with E-state index in [1.165, 1.54) is 16.4 Å². The van der Waals surface area contributed by atoms with Gasteiger partial charge in [-0.15, -0.1) is 0 Å². The third kappa shape index (κ3) is 5.68. The second kappa shape index (κ2) is 9.86. The van der Waals surface area contributed by atoms with Crippen molar-refractivity contribution in [3.63, 3.8) is 0 Å². The Balaban J connectivity index is 1.51. The Bertz CT molecular complexity index is 908. The molecule has 1 aromatic carbocycles. The van der Waals surface area contributed by atoms with E-state index in [1.807, 2.05) is 20.8 Å². The van der Waals surface area contributed by atoms with Gasteiger partial charge in [-0.3, -0.25) is 9.59 Å². The molecular formula is C21H30N2O7S. The Morgan fingerprint density at radius 1 is 1.13 bits per heavy atom. The van der Waals surface area contributed by atoms with E-state index in [0.29, 0.717) is 37.6 Å². The summed E-state index contributed by atoms with van der Waals surface area (Å²) < 4.78 is 43.4. The first-order valence-electron chi connectivity index (χ1n) is 10.5. The van der Waals surface area contributed by atoms with Crippen LogP contribution in [0.25, 0.3) is 0 Å². The maximum Gasteiger partial charge on any atom is 0.309 e. The van der Waals surface area contributed by atoms with E-state index in [1.54, 1.807) is 6.07 Å². The molecule has 2 heterocycles. The van der Waals surface area contributed by atoms with Crippen LogP contribution in [-0.4, -0.2) is 63.6 Å². The molecule has 1 saturated heterocycles. The molecule has 10 heteroatoms. The minimum absolute atomic E-state index is 0.0137. The Hall–Kier alpha value is -2.33. The summed E-state index contributed by atoms with van der Waals surface area (Å²) in [5.74, 6) is -0.0200. The van der Waals surface area contributed by atoms with Gasteiger partial charge in [-0.1, -0.05) is 13.8 Å². The second-order valence-corrected chi connectivity index (χ2v) is 10.1. The number of benzene rings is 1. The second-order valence-electron chi connectivity index (χ2n) is 8.19. The molecule has 1 atom stereocenters. The molecule has 3 rings (SSSR count). The van der Waals surface area contributed by atoms with Gasteiger partial charge in [-0.25, -0.2) is 8.42 Å². The maximum absolute atomic E-state index is 13.0. The lowest BCUT2D eigenvalue weighted by atomic mass is 9.98. The summed E-state index contributed by atoms with van der Waals surface area (Å²) in [5.41, 5.74) is 0. The van der Waals surface area contributed by atoms with Crippen molar-refractivity contribution in [2.24, 2.45) is 11.8 Å². The quantitative estimate of drug-likeness (QED) is 0.623. The molecule has 1 aromatic rings. The van der Waals surface area contributed by atoms with Crippen molar-refractivity contribution in [2.45, 2.75) is 44.6 Å². The van der Waals surface area contributed by atoms with Crippen molar-refractivity contribution in [1.82, 2.24) is 9.62 Å². The highest BCUT2D eigenvalue weighted by Crippen LogP contribution is 2.34. The number of carbonyl (C=O) groups excluding carboxylic acids is 2. The average Bonchev–Trinajstić information content (AvgIpc) is 2.77. The molecule has 1 unspecified atom stereocenters. The highest BCUT2D eigenvalue weighted by Gasteiger charge is 2.33. The summed E-state index contributed by atoms with van der Waals surface area (Å²) in [4.78, 5) is 24.3. The number of hydrogen-bond donors (Lipinski definition) is 1. The number of hydrogen-bond acceptors (Lipinski definition) is 7. The average molecular weight is 455 g/mol. The Morgan fingerprint density at radius 3 is 2.42 bits per heavy atom. The summed E-state index contributed by atoms with van der Waals surface area (Å²) in [6.07, 6.45) is 0.680. The summed E-state index contributed by atoms with van der Waals surface area (Å²) in [7, 11) is -3.71. The molecule has 0 bridgehead atoms. The van der Waals surface area contributed by atoms with E-state index in [2.05, 4.69) is 5.32 Å². The van der Waals surface area contributed by atoms with Gasteiger partial charge in [0.1, 0.15) is 13.2 Å². The van der Waals surface area contributed by atoms with Crippen LogP contribution < -0.4 is 14.8 Å². The van der Waals surface area contributed by atoms with Gasteiger partial charge < -0.3 is 19.5 Å². The first-order valence-corrected chi connectivity index (χ1v) is 12.0. The number of esters is 1. The topological polar surface area (TPSA) is 111 Å². The number of fused-ring (bicyclic) bond motifs is 1. The van der Waals surface area contributed by atoms with Crippen molar-refractivity contribution in [3.05, 3.63) is 18.2 Å². The monoisotopic (exact) mass is 454 g/mol. The highest BCUT2D eigenvalue weighted by atomic mass is 32.2. The van der Waals surface area contributed by atoms with E-state index in [-0.39, 0.29) is 42.5 Å². The number of ether oxygens (including phenoxy) is 3. The van der Waals surface area contributed by atoms with Gasteiger partial charge >= 0.3 is 5.97 Å². The van der Waals surface area contributed by atoms with Crippen molar-refractivity contribution < 1.29 is 32.2 Å². The van der Waals surface area contributed by atoms with E-state index in [0.717, 1.165) is 0 Å². The SMILES string of the molecule is CC(C)C(C)NC(=O)COC(=O)C1CCN(S(=O)(=O)c2ccc3c(c2)OCCO3)CC1. The van der Waals surface area contributed by atoms with Crippen molar-refractivity contribution in [2.75, 3.05) is 32.9 Å². The molecule has 0 aromatic heterocycles. The number of amides is 1. The Morgan fingerprint density at radius 2 is 1.77 bits per heavy atom. The molecule has 2 aliphatic rings. The molecule has 1 N–H and O–H groups in total. The molecule has 9 nitrogen and oxygen atoms in total. The summed E-state index contributed by atoms with van der Waals surface area (Å²) >= 11 is 0. The largest absolute Gasteiger partial charge is 0.486 e. The predicted octanol–water partition coefficient (Wildman–Crippen LogP) is 1.56. The molecule has 0 saturated carbocycles. The fourth-order valence-corrected chi connectivity index (χ4v) is 4.87. The highest BCUT2D eigenvalue weighted by molar-refractivity contribution is 7.89. The molecule has 0 spiro atoms. The summed E-state index contributed by atoms with van der Waals surface area (Å²) in [6.45, 7) is 6.75. The zero-order valence-electron chi connectivity index (χ0n) is 18.1. The van der Waals surface area contributed by atoms with Gasteiger partial charge in [0.05, 0.1) is 10.8 Å². The number of nitrogens with zero attached hydrogens (tertiary/aromatic N) is 1. The van der Waals surface area contributed by atoms with E-state index >= 15 is 0 Å².